The highest BCUT2D eigenvalue weighted by Crippen LogP contribution is 2.29. The van der Waals surface area contributed by atoms with Gasteiger partial charge in [0.25, 0.3) is 0 Å². The second-order valence-electron chi connectivity index (χ2n) is 4.61. The number of nitrogens with one attached hydrogen (secondary N) is 1. The van der Waals surface area contributed by atoms with Crippen molar-refractivity contribution in [2.75, 3.05) is 5.32 Å². The molecule has 1 aromatic rings. The van der Waals surface area contributed by atoms with Crippen LogP contribution in [0.3, 0.4) is 0 Å². The molecule has 1 saturated carbocycles. The van der Waals surface area contributed by atoms with E-state index < -0.39 is 0 Å². The van der Waals surface area contributed by atoms with Crippen LogP contribution in [0.4, 0.5) is 5.69 Å². The number of hydrogen-bond donors (Lipinski definition) is 1. The third-order valence-corrected chi connectivity index (χ3v) is 3.49. The van der Waals surface area contributed by atoms with Gasteiger partial charge in [-0.15, -0.1) is 0 Å². The topological polar surface area (TPSA) is 29.9 Å². The molecule has 0 aromatic carbocycles. The number of nitrogens with zero attached hydrogens (tertiary/aromatic N) is 2. The summed E-state index contributed by atoms with van der Waals surface area (Å²) in [4.78, 5) is 0. The van der Waals surface area contributed by atoms with E-state index in [1.54, 1.807) is 0 Å². The van der Waals surface area contributed by atoms with Crippen molar-refractivity contribution in [3.63, 3.8) is 0 Å². The van der Waals surface area contributed by atoms with E-state index >= 15 is 0 Å². The highest BCUT2D eigenvalue weighted by molar-refractivity contribution is 5.39. The molecule has 0 aliphatic heterocycles. The fourth-order valence-corrected chi connectivity index (χ4v) is 2.60. The highest BCUT2D eigenvalue weighted by atomic mass is 15.3. The summed E-state index contributed by atoms with van der Waals surface area (Å²) in [5, 5.41) is 7.81. The lowest BCUT2D eigenvalue weighted by atomic mass is 9.83. The third-order valence-electron chi connectivity index (χ3n) is 3.49. The first-order chi connectivity index (χ1) is 7.29. The molecule has 1 aliphatic carbocycles. The maximum atomic E-state index is 4.19. The zero-order valence-corrected chi connectivity index (χ0v) is 9.74. The fourth-order valence-electron chi connectivity index (χ4n) is 2.60. The Morgan fingerprint density at radius 3 is 2.93 bits per heavy atom. The lowest BCUT2D eigenvalue weighted by Gasteiger charge is -2.31. The van der Waals surface area contributed by atoms with Gasteiger partial charge in [-0.1, -0.05) is 26.2 Å². The van der Waals surface area contributed by atoms with Crippen LogP contribution in [0.2, 0.25) is 0 Å². The molecule has 0 spiro atoms. The van der Waals surface area contributed by atoms with Gasteiger partial charge in [0.2, 0.25) is 0 Å². The highest BCUT2D eigenvalue weighted by Gasteiger charge is 2.23. The van der Waals surface area contributed by atoms with E-state index in [9.17, 15) is 0 Å². The third kappa shape index (κ3) is 2.52. The monoisotopic (exact) mass is 207 g/mol. The first-order valence-electron chi connectivity index (χ1n) is 6.04. The van der Waals surface area contributed by atoms with Crippen LogP contribution in [0.25, 0.3) is 0 Å². The Balaban J connectivity index is 1.97. The van der Waals surface area contributed by atoms with E-state index in [2.05, 4.69) is 23.5 Å². The normalized spacial score (nSPS) is 26.5. The van der Waals surface area contributed by atoms with Crippen LogP contribution in [0.5, 0.6) is 0 Å². The van der Waals surface area contributed by atoms with Crippen molar-refractivity contribution in [2.24, 2.45) is 13.0 Å². The van der Waals surface area contributed by atoms with E-state index in [0.717, 1.165) is 5.92 Å². The molecule has 2 rings (SSSR count). The first kappa shape index (κ1) is 10.5. The number of aromatic nitrogens is 2. The minimum Gasteiger partial charge on any atom is -0.379 e. The Kier molecular flexibility index (Phi) is 3.29. The Bertz CT molecular complexity index is 306. The molecule has 2 atom stereocenters. The van der Waals surface area contributed by atoms with Gasteiger partial charge in [0.15, 0.2) is 0 Å². The molecule has 1 aromatic heterocycles. The average molecular weight is 207 g/mol. The molecular weight excluding hydrogens is 186 g/mol. The lowest BCUT2D eigenvalue weighted by molar-refractivity contribution is 0.317. The molecule has 0 amide bonds. The van der Waals surface area contributed by atoms with E-state index in [0.29, 0.717) is 6.04 Å². The van der Waals surface area contributed by atoms with Crippen molar-refractivity contribution in [3.8, 4) is 0 Å². The molecule has 0 unspecified atom stereocenters. The van der Waals surface area contributed by atoms with Gasteiger partial charge in [0.05, 0.1) is 11.9 Å². The molecule has 1 N–H and O–H groups in total. The van der Waals surface area contributed by atoms with Crippen molar-refractivity contribution in [1.29, 1.82) is 0 Å². The minimum atomic E-state index is 0.660. The molecule has 3 nitrogen and oxygen atoms in total. The summed E-state index contributed by atoms with van der Waals surface area (Å²) in [7, 11) is 1.96. The summed E-state index contributed by atoms with van der Waals surface area (Å²) < 4.78 is 1.85. The largest absolute Gasteiger partial charge is 0.379 e. The zero-order valence-electron chi connectivity index (χ0n) is 9.74. The molecule has 15 heavy (non-hydrogen) atoms. The number of aryl methyl sites for hydroxylation is 1. The second-order valence-corrected chi connectivity index (χ2v) is 4.61. The predicted octanol–water partition coefficient (Wildman–Crippen LogP) is 2.80. The van der Waals surface area contributed by atoms with Gasteiger partial charge in [-0.25, -0.2) is 0 Å². The number of hydrogen-bond acceptors (Lipinski definition) is 2. The van der Waals surface area contributed by atoms with Crippen LogP contribution in [-0.2, 0) is 7.05 Å². The number of anilines is 1. The predicted molar refractivity (Wildman–Crippen MR) is 62.9 cm³/mol. The Morgan fingerprint density at radius 2 is 2.27 bits per heavy atom. The van der Waals surface area contributed by atoms with Crippen LogP contribution in [0.1, 0.15) is 39.0 Å². The van der Waals surface area contributed by atoms with Crippen molar-refractivity contribution < 1.29 is 0 Å². The average Bonchev–Trinajstić information content (AvgIpc) is 2.65. The Labute approximate surface area is 91.9 Å². The molecule has 3 heteroatoms. The van der Waals surface area contributed by atoms with Crippen molar-refractivity contribution >= 4 is 5.69 Å². The fraction of sp³-hybridized carbons (Fsp3) is 0.750. The van der Waals surface area contributed by atoms with Gasteiger partial charge in [-0.3, -0.25) is 4.68 Å². The SMILES string of the molecule is CC[C@@H]1CCCC[C@@H]1Nc1cnn(C)c1. The summed E-state index contributed by atoms with van der Waals surface area (Å²) in [6.45, 7) is 2.30. The smallest absolute Gasteiger partial charge is 0.0728 e. The van der Waals surface area contributed by atoms with Crippen LogP contribution in [-0.4, -0.2) is 15.8 Å². The molecular formula is C12H21N3. The first-order valence-corrected chi connectivity index (χ1v) is 6.04. The molecule has 84 valence electrons. The van der Waals surface area contributed by atoms with E-state index in [1.165, 1.54) is 37.8 Å². The maximum absolute atomic E-state index is 4.19. The number of rotatable bonds is 3. The zero-order chi connectivity index (χ0) is 10.7. The van der Waals surface area contributed by atoms with E-state index in [-0.39, 0.29) is 0 Å². The van der Waals surface area contributed by atoms with Gasteiger partial charge >= 0.3 is 0 Å². The lowest BCUT2D eigenvalue weighted by Crippen LogP contribution is -2.31. The van der Waals surface area contributed by atoms with Gasteiger partial charge in [0.1, 0.15) is 0 Å². The van der Waals surface area contributed by atoms with E-state index in [1.807, 2.05) is 17.9 Å². The Hall–Kier alpha value is -0.990. The summed E-state index contributed by atoms with van der Waals surface area (Å²) in [5.41, 5.74) is 1.17. The van der Waals surface area contributed by atoms with Crippen molar-refractivity contribution in [1.82, 2.24) is 9.78 Å². The van der Waals surface area contributed by atoms with Gasteiger partial charge in [0, 0.05) is 19.3 Å². The van der Waals surface area contributed by atoms with Gasteiger partial charge in [-0.2, -0.15) is 5.10 Å². The molecule has 0 bridgehead atoms. The van der Waals surface area contributed by atoms with Gasteiger partial charge in [-0.05, 0) is 18.8 Å². The molecule has 0 radical (unpaired) electrons. The molecule has 0 saturated heterocycles. The molecule has 1 aliphatic rings. The summed E-state index contributed by atoms with van der Waals surface area (Å²) in [6.07, 6.45) is 10.7. The summed E-state index contributed by atoms with van der Waals surface area (Å²) in [5.74, 6) is 0.846. The molecule has 1 heterocycles. The second kappa shape index (κ2) is 4.69. The molecule has 1 fully saturated rings. The van der Waals surface area contributed by atoms with Crippen molar-refractivity contribution in [2.45, 2.75) is 45.1 Å². The van der Waals surface area contributed by atoms with Crippen LogP contribution >= 0.6 is 0 Å². The van der Waals surface area contributed by atoms with Crippen LogP contribution in [0.15, 0.2) is 12.4 Å². The minimum absolute atomic E-state index is 0.660. The quantitative estimate of drug-likeness (QED) is 0.826. The van der Waals surface area contributed by atoms with Crippen LogP contribution < -0.4 is 5.32 Å². The van der Waals surface area contributed by atoms with Crippen molar-refractivity contribution in [3.05, 3.63) is 12.4 Å². The summed E-state index contributed by atoms with van der Waals surface area (Å²) >= 11 is 0. The van der Waals surface area contributed by atoms with E-state index in [4.69, 9.17) is 0 Å². The maximum Gasteiger partial charge on any atom is 0.0728 e. The van der Waals surface area contributed by atoms with Crippen LogP contribution in [0, 0.1) is 5.92 Å². The van der Waals surface area contributed by atoms with Gasteiger partial charge < -0.3 is 5.32 Å². The standard InChI is InChI=1S/C12H21N3/c1-3-10-6-4-5-7-12(10)14-11-8-13-15(2)9-11/h8-10,12,14H,3-7H2,1-2H3/t10-,12+/m1/s1. The summed E-state index contributed by atoms with van der Waals surface area (Å²) in [6, 6.07) is 0.660. The Morgan fingerprint density at radius 1 is 1.47 bits per heavy atom.